The van der Waals surface area contributed by atoms with E-state index < -0.39 is 5.97 Å². The highest BCUT2D eigenvalue weighted by atomic mass is 35.5. The molecule has 1 saturated heterocycles. The predicted molar refractivity (Wildman–Crippen MR) is 63.4 cm³/mol. The molecule has 1 aromatic carbocycles. The van der Waals surface area contributed by atoms with Gasteiger partial charge in [0.1, 0.15) is 6.54 Å². The molecule has 0 radical (unpaired) electrons. The maximum Gasteiger partial charge on any atom is 0.325 e. The second kappa shape index (κ2) is 4.63. The zero-order valence-corrected chi connectivity index (χ0v) is 9.72. The lowest BCUT2D eigenvalue weighted by atomic mass is 10.3. The van der Waals surface area contributed by atoms with Gasteiger partial charge in [0, 0.05) is 23.8 Å². The summed E-state index contributed by atoms with van der Waals surface area (Å²) in [6, 6.07) is 6.64. The Bertz CT molecular complexity index is 464. The van der Waals surface area contributed by atoms with Crippen LogP contribution >= 0.6 is 11.6 Å². The van der Waals surface area contributed by atoms with Gasteiger partial charge < -0.3 is 10.0 Å². The Kier molecular flexibility index (Phi) is 3.19. The Morgan fingerprint density at radius 3 is 2.82 bits per heavy atom. The Morgan fingerprint density at radius 1 is 1.41 bits per heavy atom. The van der Waals surface area contributed by atoms with Crippen molar-refractivity contribution in [2.75, 3.05) is 24.5 Å². The highest BCUT2D eigenvalue weighted by Crippen LogP contribution is 2.23. The number of hydrogen-bond donors (Lipinski definition) is 1. The van der Waals surface area contributed by atoms with E-state index >= 15 is 0 Å². The number of carbonyl (C=O) groups excluding carboxylic acids is 1. The van der Waals surface area contributed by atoms with Crippen molar-refractivity contribution in [3.8, 4) is 0 Å². The number of carboxylic acid groups (broad SMARTS) is 1. The fourth-order valence-corrected chi connectivity index (χ4v) is 1.96. The summed E-state index contributed by atoms with van der Waals surface area (Å²) in [5.74, 6) is -1.01. The van der Waals surface area contributed by atoms with Gasteiger partial charge >= 0.3 is 12.0 Å². The summed E-state index contributed by atoms with van der Waals surface area (Å²) in [6.07, 6.45) is 0. The molecule has 17 heavy (non-hydrogen) atoms. The number of urea groups is 1. The molecule has 1 aliphatic rings. The van der Waals surface area contributed by atoms with Gasteiger partial charge in [0.25, 0.3) is 0 Å². The van der Waals surface area contributed by atoms with Crippen LogP contribution in [0.25, 0.3) is 0 Å². The van der Waals surface area contributed by atoms with Crippen LogP contribution in [-0.4, -0.2) is 41.6 Å². The summed E-state index contributed by atoms with van der Waals surface area (Å²) >= 11 is 5.85. The molecule has 2 rings (SSSR count). The molecule has 6 heteroatoms. The molecule has 1 aliphatic heterocycles. The van der Waals surface area contributed by atoms with E-state index in [2.05, 4.69) is 0 Å². The van der Waals surface area contributed by atoms with Gasteiger partial charge in [0.2, 0.25) is 0 Å². The van der Waals surface area contributed by atoms with Crippen LogP contribution in [0.15, 0.2) is 24.3 Å². The van der Waals surface area contributed by atoms with Crippen molar-refractivity contribution < 1.29 is 14.7 Å². The van der Waals surface area contributed by atoms with Gasteiger partial charge in [-0.1, -0.05) is 17.7 Å². The van der Waals surface area contributed by atoms with E-state index in [1.807, 2.05) is 0 Å². The van der Waals surface area contributed by atoms with Crippen LogP contribution in [-0.2, 0) is 4.79 Å². The number of carbonyl (C=O) groups is 2. The topological polar surface area (TPSA) is 60.9 Å². The van der Waals surface area contributed by atoms with Crippen LogP contribution in [0.3, 0.4) is 0 Å². The molecule has 0 saturated carbocycles. The monoisotopic (exact) mass is 254 g/mol. The van der Waals surface area contributed by atoms with Crippen LogP contribution < -0.4 is 4.90 Å². The van der Waals surface area contributed by atoms with E-state index in [0.29, 0.717) is 23.8 Å². The number of anilines is 1. The fourth-order valence-electron chi connectivity index (χ4n) is 1.78. The molecule has 1 aromatic rings. The average molecular weight is 255 g/mol. The zero-order valence-electron chi connectivity index (χ0n) is 8.97. The SMILES string of the molecule is O=C(O)CN1CCN(c2cccc(Cl)c2)C1=O. The van der Waals surface area contributed by atoms with Crippen molar-refractivity contribution >= 4 is 29.3 Å². The van der Waals surface area contributed by atoms with Crippen molar-refractivity contribution in [2.24, 2.45) is 0 Å². The summed E-state index contributed by atoms with van der Waals surface area (Å²) in [5.41, 5.74) is 0.690. The summed E-state index contributed by atoms with van der Waals surface area (Å²) in [6.45, 7) is 0.625. The van der Waals surface area contributed by atoms with Gasteiger partial charge in [-0.3, -0.25) is 9.69 Å². The van der Waals surface area contributed by atoms with Gasteiger partial charge in [-0.2, -0.15) is 0 Å². The molecule has 0 bridgehead atoms. The van der Waals surface area contributed by atoms with Gasteiger partial charge in [-0.25, -0.2) is 4.79 Å². The lowest BCUT2D eigenvalue weighted by molar-refractivity contribution is -0.137. The maximum atomic E-state index is 11.9. The maximum absolute atomic E-state index is 11.9. The number of benzene rings is 1. The average Bonchev–Trinajstić information content (AvgIpc) is 2.60. The molecule has 5 nitrogen and oxygen atoms in total. The van der Waals surface area contributed by atoms with Crippen LogP contribution in [0.1, 0.15) is 0 Å². The normalized spacial score (nSPS) is 15.5. The van der Waals surface area contributed by atoms with E-state index in [1.165, 1.54) is 9.80 Å². The smallest absolute Gasteiger partial charge is 0.325 e. The van der Waals surface area contributed by atoms with Crippen LogP contribution in [0.2, 0.25) is 5.02 Å². The second-order valence-corrected chi connectivity index (χ2v) is 4.17. The lowest BCUT2D eigenvalue weighted by Crippen LogP contribution is -2.35. The Hall–Kier alpha value is -1.75. The number of amides is 2. The fraction of sp³-hybridized carbons (Fsp3) is 0.273. The van der Waals surface area contributed by atoms with E-state index in [4.69, 9.17) is 16.7 Å². The molecule has 90 valence electrons. The molecular formula is C11H11ClN2O3. The van der Waals surface area contributed by atoms with Crippen LogP contribution in [0, 0.1) is 0 Å². The molecule has 0 aromatic heterocycles. The van der Waals surface area contributed by atoms with Gasteiger partial charge in [0.05, 0.1) is 0 Å². The third kappa shape index (κ3) is 2.50. The van der Waals surface area contributed by atoms with Gasteiger partial charge in [-0.15, -0.1) is 0 Å². The largest absolute Gasteiger partial charge is 0.480 e. The number of nitrogens with zero attached hydrogens (tertiary/aromatic N) is 2. The minimum atomic E-state index is -1.01. The van der Waals surface area contributed by atoms with Gasteiger partial charge in [0.15, 0.2) is 0 Å². The molecule has 1 N–H and O–H groups in total. The standard InChI is InChI=1S/C11H11ClN2O3/c12-8-2-1-3-9(6-8)14-5-4-13(11(14)17)7-10(15)16/h1-3,6H,4-5,7H2,(H,15,16). The van der Waals surface area contributed by atoms with Crippen molar-refractivity contribution in [1.29, 1.82) is 0 Å². The van der Waals surface area contributed by atoms with Crippen molar-refractivity contribution in [3.63, 3.8) is 0 Å². The first kappa shape index (κ1) is 11.7. The van der Waals surface area contributed by atoms with Crippen LogP contribution in [0.5, 0.6) is 0 Å². The van der Waals surface area contributed by atoms with E-state index in [1.54, 1.807) is 24.3 Å². The Balaban J connectivity index is 2.15. The van der Waals surface area contributed by atoms with Crippen molar-refractivity contribution in [3.05, 3.63) is 29.3 Å². The van der Waals surface area contributed by atoms with Crippen molar-refractivity contribution in [1.82, 2.24) is 4.90 Å². The molecule has 1 fully saturated rings. The zero-order chi connectivity index (χ0) is 12.4. The minimum Gasteiger partial charge on any atom is -0.480 e. The number of rotatable bonds is 3. The summed E-state index contributed by atoms with van der Waals surface area (Å²) < 4.78 is 0. The molecule has 0 atom stereocenters. The second-order valence-electron chi connectivity index (χ2n) is 3.73. The summed E-state index contributed by atoms with van der Waals surface area (Å²) in [5, 5.41) is 9.21. The Morgan fingerprint density at radius 2 is 2.18 bits per heavy atom. The first-order valence-corrected chi connectivity index (χ1v) is 5.49. The highest BCUT2D eigenvalue weighted by molar-refractivity contribution is 6.30. The Labute approximate surface area is 103 Å². The highest BCUT2D eigenvalue weighted by Gasteiger charge is 2.30. The minimum absolute atomic E-state index is 0.268. The molecule has 0 aliphatic carbocycles. The molecule has 1 heterocycles. The summed E-state index contributed by atoms with van der Waals surface area (Å²) in [7, 11) is 0. The van der Waals surface area contributed by atoms with E-state index in [0.717, 1.165) is 0 Å². The third-order valence-corrected chi connectivity index (χ3v) is 2.78. The number of hydrogen-bond acceptors (Lipinski definition) is 2. The van der Waals surface area contributed by atoms with E-state index in [9.17, 15) is 9.59 Å². The number of halogens is 1. The molecule has 0 spiro atoms. The van der Waals surface area contributed by atoms with Crippen molar-refractivity contribution in [2.45, 2.75) is 0 Å². The van der Waals surface area contributed by atoms with E-state index in [-0.39, 0.29) is 12.6 Å². The summed E-state index contributed by atoms with van der Waals surface area (Å²) in [4.78, 5) is 25.3. The third-order valence-electron chi connectivity index (χ3n) is 2.54. The number of aliphatic carboxylic acids is 1. The van der Waals surface area contributed by atoms with Crippen LogP contribution in [0.4, 0.5) is 10.5 Å². The number of carboxylic acids is 1. The van der Waals surface area contributed by atoms with Gasteiger partial charge in [-0.05, 0) is 18.2 Å². The molecule has 0 unspecified atom stereocenters. The molecule has 2 amide bonds. The quantitative estimate of drug-likeness (QED) is 0.893. The molecular weight excluding hydrogens is 244 g/mol. The first-order valence-electron chi connectivity index (χ1n) is 5.12. The predicted octanol–water partition coefficient (Wildman–Crippen LogP) is 1.67. The lowest BCUT2D eigenvalue weighted by Gasteiger charge is -2.17. The first-order chi connectivity index (χ1) is 8.08.